The van der Waals surface area contributed by atoms with Crippen LogP contribution in [-0.4, -0.2) is 23.1 Å². The topological polar surface area (TPSA) is 47.0 Å². The minimum Gasteiger partial charge on any atom is -0.493 e. The number of hydrogen-bond donors (Lipinski definition) is 1. The maximum Gasteiger partial charge on any atom is 0.222 e. The monoisotopic (exact) mass is 255 g/mol. The smallest absolute Gasteiger partial charge is 0.222 e. The Kier molecular flexibility index (Phi) is 3.31. The Hall–Kier alpha value is -2.10. The average Bonchev–Trinajstić information content (AvgIpc) is 2.86. The summed E-state index contributed by atoms with van der Waals surface area (Å²) in [4.78, 5) is 8.51. The molecule has 2 aromatic rings. The third kappa shape index (κ3) is 2.84. The lowest BCUT2D eigenvalue weighted by Gasteiger charge is -2.06. The normalized spacial score (nSPS) is 12.9. The Morgan fingerprint density at radius 3 is 3.16 bits per heavy atom. The van der Waals surface area contributed by atoms with Gasteiger partial charge in [0.25, 0.3) is 0 Å². The van der Waals surface area contributed by atoms with Gasteiger partial charge in [0.05, 0.1) is 6.61 Å². The van der Waals surface area contributed by atoms with Crippen molar-refractivity contribution in [2.75, 3.05) is 18.5 Å². The molecule has 0 spiro atoms. The fraction of sp³-hybridized carbons (Fsp3) is 0.333. The standard InChI is InChI=1S/C15H17N3O/c1-11-4-7-16-15(18-11)17-8-5-12-2-3-14-13(10-12)6-9-19-14/h2-4,7,10H,5-6,8-9H2,1H3,(H,16,17,18). The van der Waals surface area contributed by atoms with Gasteiger partial charge in [0, 0.05) is 24.9 Å². The van der Waals surface area contributed by atoms with Crippen molar-refractivity contribution in [1.29, 1.82) is 0 Å². The zero-order valence-corrected chi connectivity index (χ0v) is 11.0. The lowest BCUT2D eigenvalue weighted by atomic mass is 10.1. The summed E-state index contributed by atoms with van der Waals surface area (Å²) >= 11 is 0. The van der Waals surface area contributed by atoms with Gasteiger partial charge in [-0.15, -0.1) is 0 Å². The van der Waals surface area contributed by atoms with Crippen molar-refractivity contribution in [3.05, 3.63) is 47.3 Å². The van der Waals surface area contributed by atoms with Crippen molar-refractivity contribution in [2.45, 2.75) is 19.8 Å². The van der Waals surface area contributed by atoms with Crippen LogP contribution in [0.2, 0.25) is 0 Å². The van der Waals surface area contributed by atoms with E-state index in [1.165, 1.54) is 11.1 Å². The molecule has 0 radical (unpaired) electrons. The van der Waals surface area contributed by atoms with Crippen LogP contribution in [0.4, 0.5) is 5.95 Å². The molecule has 1 aliphatic heterocycles. The summed E-state index contributed by atoms with van der Waals surface area (Å²) in [5, 5.41) is 3.25. The molecular formula is C15H17N3O. The summed E-state index contributed by atoms with van der Waals surface area (Å²) in [7, 11) is 0. The second-order valence-electron chi connectivity index (χ2n) is 4.74. The third-order valence-corrected chi connectivity index (χ3v) is 3.25. The zero-order chi connectivity index (χ0) is 13.1. The van der Waals surface area contributed by atoms with Crippen molar-refractivity contribution in [1.82, 2.24) is 9.97 Å². The first-order valence-corrected chi connectivity index (χ1v) is 6.59. The van der Waals surface area contributed by atoms with Crippen LogP contribution >= 0.6 is 0 Å². The Labute approximate surface area is 112 Å². The Morgan fingerprint density at radius 1 is 1.32 bits per heavy atom. The van der Waals surface area contributed by atoms with Crippen molar-refractivity contribution in [3.8, 4) is 5.75 Å². The summed E-state index contributed by atoms with van der Waals surface area (Å²) in [6.07, 6.45) is 3.76. The van der Waals surface area contributed by atoms with E-state index in [4.69, 9.17) is 4.74 Å². The van der Waals surface area contributed by atoms with Gasteiger partial charge in [0.15, 0.2) is 0 Å². The van der Waals surface area contributed by atoms with Gasteiger partial charge in [-0.25, -0.2) is 9.97 Å². The summed E-state index contributed by atoms with van der Waals surface area (Å²) < 4.78 is 5.50. The van der Waals surface area contributed by atoms with Crippen molar-refractivity contribution >= 4 is 5.95 Å². The molecule has 1 aliphatic rings. The SMILES string of the molecule is Cc1ccnc(NCCc2ccc3c(c2)CCO3)n1. The number of benzene rings is 1. The number of fused-ring (bicyclic) bond motifs is 1. The molecule has 0 saturated carbocycles. The van der Waals surface area contributed by atoms with Gasteiger partial charge < -0.3 is 10.1 Å². The Bertz CT molecular complexity index is 583. The second-order valence-corrected chi connectivity index (χ2v) is 4.74. The predicted molar refractivity (Wildman–Crippen MR) is 74.6 cm³/mol. The lowest BCUT2D eigenvalue weighted by molar-refractivity contribution is 0.357. The van der Waals surface area contributed by atoms with Crippen molar-refractivity contribution in [3.63, 3.8) is 0 Å². The first-order chi connectivity index (χ1) is 9.31. The van der Waals surface area contributed by atoms with Crippen LogP contribution < -0.4 is 10.1 Å². The van der Waals surface area contributed by atoms with Gasteiger partial charge in [0.2, 0.25) is 5.95 Å². The van der Waals surface area contributed by atoms with E-state index in [9.17, 15) is 0 Å². The number of ether oxygens (including phenoxy) is 1. The van der Waals surface area contributed by atoms with Crippen molar-refractivity contribution < 1.29 is 4.74 Å². The number of rotatable bonds is 4. The zero-order valence-electron chi connectivity index (χ0n) is 11.0. The van der Waals surface area contributed by atoms with E-state index in [1.807, 2.05) is 13.0 Å². The average molecular weight is 255 g/mol. The molecule has 0 atom stereocenters. The molecule has 0 bridgehead atoms. The number of nitrogens with zero attached hydrogens (tertiary/aromatic N) is 2. The van der Waals surface area contributed by atoms with Crippen LogP contribution in [0, 0.1) is 6.92 Å². The quantitative estimate of drug-likeness (QED) is 0.911. The molecule has 0 aliphatic carbocycles. The minimum atomic E-state index is 0.699. The van der Waals surface area contributed by atoms with Crippen LogP contribution in [0.1, 0.15) is 16.8 Å². The molecule has 1 N–H and O–H groups in total. The van der Waals surface area contributed by atoms with Gasteiger partial charge >= 0.3 is 0 Å². The molecule has 4 heteroatoms. The highest BCUT2D eigenvalue weighted by atomic mass is 16.5. The van der Waals surface area contributed by atoms with Crippen LogP contribution in [-0.2, 0) is 12.8 Å². The highest BCUT2D eigenvalue weighted by Gasteiger charge is 2.11. The van der Waals surface area contributed by atoms with Crippen LogP contribution in [0.3, 0.4) is 0 Å². The number of aromatic nitrogens is 2. The molecule has 0 amide bonds. The van der Waals surface area contributed by atoms with Crippen LogP contribution in [0.25, 0.3) is 0 Å². The maximum absolute atomic E-state index is 5.50. The first kappa shape index (κ1) is 12.0. The van der Waals surface area contributed by atoms with Gasteiger partial charge in [-0.3, -0.25) is 0 Å². The van der Waals surface area contributed by atoms with E-state index < -0.39 is 0 Å². The third-order valence-electron chi connectivity index (χ3n) is 3.25. The second kappa shape index (κ2) is 5.26. The van der Waals surface area contributed by atoms with Gasteiger partial charge in [-0.05, 0) is 36.6 Å². The summed E-state index contributed by atoms with van der Waals surface area (Å²) in [6, 6.07) is 8.33. The summed E-state index contributed by atoms with van der Waals surface area (Å²) in [5.41, 5.74) is 3.63. The molecular weight excluding hydrogens is 238 g/mol. The molecule has 98 valence electrons. The van der Waals surface area contributed by atoms with E-state index in [0.29, 0.717) is 5.95 Å². The fourth-order valence-corrected chi connectivity index (χ4v) is 2.25. The molecule has 0 unspecified atom stereocenters. The minimum absolute atomic E-state index is 0.699. The number of hydrogen-bond acceptors (Lipinski definition) is 4. The van der Waals surface area contributed by atoms with Crippen LogP contribution in [0.5, 0.6) is 5.75 Å². The molecule has 1 aromatic carbocycles. The summed E-state index contributed by atoms with van der Waals surface area (Å²) in [6.45, 7) is 3.62. The molecule has 3 rings (SSSR count). The Balaban J connectivity index is 1.58. The largest absolute Gasteiger partial charge is 0.493 e. The van der Waals surface area contributed by atoms with E-state index in [-0.39, 0.29) is 0 Å². The van der Waals surface area contributed by atoms with E-state index in [0.717, 1.165) is 37.4 Å². The van der Waals surface area contributed by atoms with E-state index in [2.05, 4.69) is 33.5 Å². The predicted octanol–water partition coefficient (Wildman–Crippen LogP) is 2.37. The summed E-state index contributed by atoms with van der Waals surface area (Å²) in [5.74, 6) is 1.74. The number of anilines is 1. The lowest BCUT2D eigenvalue weighted by Crippen LogP contribution is -2.08. The van der Waals surface area contributed by atoms with Crippen molar-refractivity contribution in [2.24, 2.45) is 0 Å². The fourth-order valence-electron chi connectivity index (χ4n) is 2.25. The van der Waals surface area contributed by atoms with E-state index >= 15 is 0 Å². The highest BCUT2D eigenvalue weighted by Crippen LogP contribution is 2.25. The first-order valence-electron chi connectivity index (χ1n) is 6.59. The van der Waals surface area contributed by atoms with Gasteiger partial charge in [-0.2, -0.15) is 0 Å². The van der Waals surface area contributed by atoms with E-state index in [1.54, 1.807) is 6.20 Å². The van der Waals surface area contributed by atoms with Gasteiger partial charge in [-0.1, -0.05) is 12.1 Å². The van der Waals surface area contributed by atoms with Crippen LogP contribution in [0.15, 0.2) is 30.5 Å². The number of aryl methyl sites for hydroxylation is 1. The molecule has 19 heavy (non-hydrogen) atoms. The molecule has 1 aromatic heterocycles. The Morgan fingerprint density at radius 2 is 2.26 bits per heavy atom. The maximum atomic E-state index is 5.50. The molecule has 0 fully saturated rings. The molecule has 2 heterocycles. The van der Waals surface area contributed by atoms with Gasteiger partial charge in [0.1, 0.15) is 5.75 Å². The number of nitrogens with one attached hydrogen (secondary N) is 1. The molecule has 0 saturated heterocycles. The molecule has 4 nitrogen and oxygen atoms in total. The highest BCUT2D eigenvalue weighted by molar-refractivity contribution is 5.40.